The van der Waals surface area contributed by atoms with Crippen molar-refractivity contribution in [2.75, 3.05) is 27.4 Å². The molecule has 6 nitrogen and oxygen atoms in total. The number of carbonyl (C=O) groups is 2. The molecule has 8 heteroatoms. The first-order valence-corrected chi connectivity index (χ1v) is 8.94. The first kappa shape index (κ1) is 20.0. The second kappa shape index (κ2) is 8.54. The van der Waals surface area contributed by atoms with Crippen LogP contribution in [0.1, 0.15) is 0 Å². The van der Waals surface area contributed by atoms with Crippen LogP contribution in [0.25, 0.3) is 21.5 Å². The van der Waals surface area contributed by atoms with Gasteiger partial charge in [0.25, 0.3) is 0 Å². The first-order chi connectivity index (χ1) is 13.5. The van der Waals surface area contributed by atoms with Gasteiger partial charge in [0.1, 0.15) is 11.5 Å². The van der Waals surface area contributed by atoms with E-state index in [1.807, 2.05) is 12.1 Å². The standard InChI is InChI=1S/C20H16Cl2O6/c1-25-16(23)9-27-19-12-5-3-4-6-13(12)20(28-10-17(24)26-2)18-14(19)7-11(21)8-15(18)22/h3-8H,9-10H2,1-2H3. The van der Waals surface area contributed by atoms with Crippen LogP contribution >= 0.6 is 23.2 Å². The van der Waals surface area contributed by atoms with Gasteiger partial charge in [0.15, 0.2) is 13.2 Å². The van der Waals surface area contributed by atoms with Crippen molar-refractivity contribution in [1.82, 2.24) is 0 Å². The summed E-state index contributed by atoms with van der Waals surface area (Å²) in [6.07, 6.45) is 0. The number of benzene rings is 3. The molecule has 0 aliphatic rings. The summed E-state index contributed by atoms with van der Waals surface area (Å²) >= 11 is 12.6. The van der Waals surface area contributed by atoms with Gasteiger partial charge >= 0.3 is 11.9 Å². The molecule has 0 aliphatic carbocycles. The summed E-state index contributed by atoms with van der Waals surface area (Å²) < 4.78 is 20.8. The van der Waals surface area contributed by atoms with Crippen molar-refractivity contribution in [3.05, 3.63) is 46.4 Å². The van der Waals surface area contributed by atoms with Gasteiger partial charge < -0.3 is 18.9 Å². The summed E-state index contributed by atoms with van der Waals surface area (Å²) in [4.78, 5) is 23.2. The monoisotopic (exact) mass is 422 g/mol. The van der Waals surface area contributed by atoms with Crippen LogP contribution in [0.4, 0.5) is 0 Å². The molecule has 0 spiro atoms. The Morgan fingerprint density at radius 1 is 0.821 bits per heavy atom. The minimum Gasteiger partial charge on any atom is -0.481 e. The molecule has 0 N–H and O–H groups in total. The van der Waals surface area contributed by atoms with Crippen LogP contribution in [0.2, 0.25) is 10.0 Å². The lowest BCUT2D eigenvalue weighted by atomic mass is 10.0. The van der Waals surface area contributed by atoms with Gasteiger partial charge in [-0.05, 0) is 12.1 Å². The van der Waals surface area contributed by atoms with Crippen molar-refractivity contribution in [2.24, 2.45) is 0 Å². The number of methoxy groups -OCH3 is 2. The number of halogens is 2. The fraction of sp³-hybridized carbons (Fsp3) is 0.200. The number of esters is 2. The molecule has 0 aliphatic heterocycles. The predicted octanol–water partition coefficient (Wildman–Crippen LogP) is 4.40. The second-order valence-corrected chi connectivity index (χ2v) is 6.59. The van der Waals surface area contributed by atoms with E-state index < -0.39 is 11.9 Å². The summed E-state index contributed by atoms with van der Waals surface area (Å²) in [6, 6.07) is 10.5. The molecule has 0 unspecified atom stereocenters. The number of hydrogen-bond donors (Lipinski definition) is 0. The third kappa shape index (κ3) is 3.93. The van der Waals surface area contributed by atoms with Gasteiger partial charge in [-0.3, -0.25) is 0 Å². The largest absolute Gasteiger partial charge is 0.481 e. The van der Waals surface area contributed by atoms with Crippen LogP contribution in [0.3, 0.4) is 0 Å². The van der Waals surface area contributed by atoms with Crippen molar-refractivity contribution in [3.8, 4) is 11.5 Å². The van der Waals surface area contributed by atoms with Crippen molar-refractivity contribution in [1.29, 1.82) is 0 Å². The van der Waals surface area contributed by atoms with E-state index in [4.69, 9.17) is 32.7 Å². The third-order valence-corrected chi connectivity index (χ3v) is 4.58. The molecule has 0 saturated heterocycles. The third-order valence-electron chi connectivity index (χ3n) is 4.07. The number of hydrogen-bond acceptors (Lipinski definition) is 6. The molecule has 0 bridgehead atoms. The Kier molecular flexibility index (Phi) is 6.11. The van der Waals surface area contributed by atoms with Gasteiger partial charge in [-0.25, -0.2) is 9.59 Å². The summed E-state index contributed by atoms with van der Waals surface area (Å²) in [5, 5.41) is 3.07. The molecular formula is C20H16Cl2O6. The Morgan fingerprint density at radius 2 is 1.36 bits per heavy atom. The van der Waals surface area contributed by atoms with E-state index >= 15 is 0 Å². The molecule has 0 saturated carbocycles. The number of carbonyl (C=O) groups excluding carboxylic acids is 2. The Hall–Kier alpha value is -2.70. The molecule has 146 valence electrons. The minimum absolute atomic E-state index is 0.290. The molecule has 3 aromatic rings. The van der Waals surface area contributed by atoms with Gasteiger partial charge in [0, 0.05) is 26.6 Å². The van der Waals surface area contributed by atoms with E-state index in [-0.39, 0.29) is 13.2 Å². The molecule has 0 fully saturated rings. The molecule has 3 aromatic carbocycles. The summed E-state index contributed by atoms with van der Waals surface area (Å²) in [6.45, 7) is -0.584. The molecule has 0 amide bonds. The second-order valence-electron chi connectivity index (χ2n) is 5.74. The number of rotatable bonds is 6. The molecule has 0 radical (unpaired) electrons. The Balaban J connectivity index is 2.29. The van der Waals surface area contributed by atoms with E-state index in [9.17, 15) is 9.59 Å². The van der Waals surface area contributed by atoms with Crippen LogP contribution < -0.4 is 9.47 Å². The van der Waals surface area contributed by atoms with Crippen molar-refractivity contribution < 1.29 is 28.5 Å². The Morgan fingerprint density at radius 3 is 1.93 bits per heavy atom. The lowest BCUT2D eigenvalue weighted by Gasteiger charge is -2.18. The highest BCUT2D eigenvalue weighted by molar-refractivity contribution is 6.40. The highest BCUT2D eigenvalue weighted by Crippen LogP contribution is 2.46. The lowest BCUT2D eigenvalue weighted by molar-refractivity contribution is -0.143. The zero-order valence-electron chi connectivity index (χ0n) is 15.1. The van der Waals surface area contributed by atoms with E-state index in [1.165, 1.54) is 14.2 Å². The smallest absolute Gasteiger partial charge is 0.343 e. The van der Waals surface area contributed by atoms with Gasteiger partial charge in [0.05, 0.1) is 19.2 Å². The summed E-state index contributed by atoms with van der Waals surface area (Å²) in [5.74, 6) is -0.265. The summed E-state index contributed by atoms with van der Waals surface area (Å²) in [7, 11) is 2.55. The van der Waals surface area contributed by atoms with Crippen molar-refractivity contribution in [3.63, 3.8) is 0 Å². The Bertz CT molecular complexity index is 1060. The van der Waals surface area contributed by atoms with Gasteiger partial charge in [-0.15, -0.1) is 0 Å². The van der Waals surface area contributed by atoms with Gasteiger partial charge in [-0.1, -0.05) is 47.5 Å². The number of ether oxygens (including phenoxy) is 4. The maximum atomic E-state index is 11.6. The maximum absolute atomic E-state index is 11.6. The van der Waals surface area contributed by atoms with Crippen LogP contribution in [-0.2, 0) is 19.1 Å². The van der Waals surface area contributed by atoms with Crippen molar-refractivity contribution in [2.45, 2.75) is 0 Å². The highest BCUT2D eigenvalue weighted by Gasteiger charge is 2.20. The average Bonchev–Trinajstić information content (AvgIpc) is 2.69. The molecule has 0 heterocycles. The van der Waals surface area contributed by atoms with Gasteiger partial charge in [-0.2, -0.15) is 0 Å². The molecule has 0 atom stereocenters. The van der Waals surface area contributed by atoms with Gasteiger partial charge in [0.2, 0.25) is 0 Å². The topological polar surface area (TPSA) is 71.1 Å². The molecular weight excluding hydrogens is 407 g/mol. The predicted molar refractivity (Wildman–Crippen MR) is 106 cm³/mol. The average molecular weight is 423 g/mol. The lowest BCUT2D eigenvalue weighted by Crippen LogP contribution is -2.14. The summed E-state index contributed by atoms with van der Waals surface area (Å²) in [5.41, 5.74) is 0. The van der Waals surface area contributed by atoms with E-state index in [0.29, 0.717) is 43.1 Å². The minimum atomic E-state index is -0.534. The van der Waals surface area contributed by atoms with Crippen molar-refractivity contribution >= 4 is 56.7 Å². The zero-order chi connectivity index (χ0) is 20.3. The SMILES string of the molecule is COC(=O)COc1c2ccccc2c(OCC(=O)OC)c2c(Cl)cc(Cl)cc12. The highest BCUT2D eigenvalue weighted by atomic mass is 35.5. The fourth-order valence-corrected chi connectivity index (χ4v) is 3.41. The molecule has 0 aromatic heterocycles. The van der Waals surface area contributed by atoms with Crippen LogP contribution in [0, 0.1) is 0 Å². The quantitative estimate of drug-likeness (QED) is 0.432. The fourth-order valence-electron chi connectivity index (χ4n) is 2.83. The first-order valence-electron chi connectivity index (χ1n) is 8.19. The number of fused-ring (bicyclic) bond motifs is 2. The van der Waals surface area contributed by atoms with E-state index in [2.05, 4.69) is 9.47 Å². The maximum Gasteiger partial charge on any atom is 0.343 e. The van der Waals surface area contributed by atoms with Crippen LogP contribution in [0.15, 0.2) is 36.4 Å². The molecule has 28 heavy (non-hydrogen) atoms. The molecule has 3 rings (SSSR count). The van der Waals surface area contributed by atoms with Crippen LogP contribution in [0.5, 0.6) is 11.5 Å². The van der Waals surface area contributed by atoms with E-state index in [0.717, 1.165) is 0 Å². The van der Waals surface area contributed by atoms with Crippen LogP contribution in [-0.4, -0.2) is 39.4 Å². The Labute approximate surface area is 170 Å². The van der Waals surface area contributed by atoms with E-state index in [1.54, 1.807) is 24.3 Å². The normalized spacial score (nSPS) is 10.7. The zero-order valence-corrected chi connectivity index (χ0v) is 16.6.